The normalized spacial score (nSPS) is 15.8. The number of nitrogen functional groups attached to an aromatic ring is 1. The molecule has 0 unspecified atom stereocenters. The minimum atomic E-state index is 0.203. The fraction of sp³-hybridized carbons (Fsp3) is 0.500. The van der Waals surface area contributed by atoms with Crippen molar-refractivity contribution in [1.82, 2.24) is 24.7 Å². The van der Waals surface area contributed by atoms with E-state index in [1.807, 2.05) is 6.07 Å². The van der Waals surface area contributed by atoms with Crippen molar-refractivity contribution >= 4 is 11.9 Å². The van der Waals surface area contributed by atoms with Gasteiger partial charge in [-0.15, -0.1) is 0 Å². The van der Waals surface area contributed by atoms with E-state index in [0.717, 1.165) is 6.54 Å². The monoisotopic (exact) mass is 259 g/mol. The second-order valence-corrected chi connectivity index (χ2v) is 4.80. The van der Waals surface area contributed by atoms with Crippen LogP contribution in [0.2, 0.25) is 0 Å². The molecule has 1 fully saturated rings. The first kappa shape index (κ1) is 11.9. The van der Waals surface area contributed by atoms with Crippen LogP contribution in [0.4, 0.5) is 11.9 Å². The molecule has 1 saturated carbocycles. The minimum Gasteiger partial charge on any atom is -0.368 e. The molecule has 100 valence electrons. The average Bonchev–Trinajstić information content (AvgIpc) is 3.09. The van der Waals surface area contributed by atoms with E-state index >= 15 is 0 Å². The molecular formula is C12H17N7. The number of nitrogens with zero attached hydrogens (tertiary/aromatic N) is 5. The van der Waals surface area contributed by atoms with Crippen LogP contribution in [-0.2, 0) is 0 Å². The maximum atomic E-state index is 5.71. The molecule has 3 rings (SSSR count). The summed E-state index contributed by atoms with van der Waals surface area (Å²) in [7, 11) is 0. The third kappa shape index (κ3) is 2.81. The molecule has 2 aromatic heterocycles. The van der Waals surface area contributed by atoms with Gasteiger partial charge >= 0.3 is 0 Å². The van der Waals surface area contributed by atoms with Crippen LogP contribution >= 0.6 is 0 Å². The highest BCUT2D eigenvalue weighted by atomic mass is 15.4. The van der Waals surface area contributed by atoms with E-state index < -0.39 is 0 Å². The van der Waals surface area contributed by atoms with Gasteiger partial charge in [0.05, 0.1) is 0 Å². The Bertz CT molecular complexity index is 531. The molecule has 0 aromatic carbocycles. The van der Waals surface area contributed by atoms with Crippen LogP contribution in [0.3, 0.4) is 0 Å². The highest BCUT2D eigenvalue weighted by molar-refractivity contribution is 5.34. The third-order valence-corrected chi connectivity index (χ3v) is 3.37. The van der Waals surface area contributed by atoms with Crippen LogP contribution < -0.4 is 11.1 Å². The Morgan fingerprint density at radius 3 is 2.84 bits per heavy atom. The van der Waals surface area contributed by atoms with Gasteiger partial charge in [0.15, 0.2) is 0 Å². The van der Waals surface area contributed by atoms with E-state index in [4.69, 9.17) is 5.73 Å². The van der Waals surface area contributed by atoms with E-state index in [9.17, 15) is 0 Å². The molecule has 19 heavy (non-hydrogen) atoms. The van der Waals surface area contributed by atoms with Crippen molar-refractivity contribution in [1.29, 1.82) is 0 Å². The van der Waals surface area contributed by atoms with E-state index in [0.29, 0.717) is 17.8 Å². The van der Waals surface area contributed by atoms with Gasteiger partial charge in [0.25, 0.3) is 5.95 Å². The Hall–Kier alpha value is -2.18. The van der Waals surface area contributed by atoms with Crippen molar-refractivity contribution in [2.75, 3.05) is 17.6 Å². The first-order valence-electron chi connectivity index (χ1n) is 6.57. The summed E-state index contributed by atoms with van der Waals surface area (Å²) in [4.78, 5) is 12.5. The Morgan fingerprint density at radius 2 is 2.11 bits per heavy atom. The van der Waals surface area contributed by atoms with Gasteiger partial charge in [-0.25, -0.2) is 4.68 Å². The number of nitrogens with two attached hydrogens (primary N) is 1. The summed E-state index contributed by atoms with van der Waals surface area (Å²) in [5.74, 6) is 1.87. The lowest BCUT2D eigenvalue weighted by Gasteiger charge is -2.11. The maximum absolute atomic E-state index is 5.71. The quantitative estimate of drug-likeness (QED) is 0.857. The molecule has 0 spiro atoms. The van der Waals surface area contributed by atoms with E-state index in [1.165, 1.54) is 25.7 Å². The number of anilines is 2. The zero-order valence-corrected chi connectivity index (χ0v) is 10.7. The number of aromatic nitrogens is 5. The number of rotatable bonds is 4. The summed E-state index contributed by atoms with van der Waals surface area (Å²) in [6.07, 6.45) is 8.65. The predicted octanol–water partition coefficient (Wildman–Crippen LogP) is 1.24. The van der Waals surface area contributed by atoms with E-state index in [-0.39, 0.29) is 5.95 Å². The zero-order chi connectivity index (χ0) is 13.1. The highest BCUT2D eigenvalue weighted by Gasteiger charge is 2.15. The van der Waals surface area contributed by atoms with Crippen molar-refractivity contribution in [2.24, 2.45) is 5.92 Å². The van der Waals surface area contributed by atoms with Gasteiger partial charge in [-0.2, -0.15) is 20.1 Å². The summed E-state index contributed by atoms with van der Waals surface area (Å²) >= 11 is 0. The van der Waals surface area contributed by atoms with Crippen LogP contribution in [-0.4, -0.2) is 31.3 Å². The zero-order valence-electron chi connectivity index (χ0n) is 10.7. The highest BCUT2D eigenvalue weighted by Crippen LogP contribution is 2.24. The number of hydrogen-bond acceptors (Lipinski definition) is 6. The van der Waals surface area contributed by atoms with Crippen LogP contribution in [0, 0.1) is 5.92 Å². The summed E-state index contributed by atoms with van der Waals surface area (Å²) < 4.78 is 1.57. The molecule has 0 bridgehead atoms. The molecule has 7 heteroatoms. The fourth-order valence-electron chi connectivity index (χ4n) is 2.40. The Morgan fingerprint density at radius 1 is 1.26 bits per heavy atom. The Kier molecular flexibility index (Phi) is 3.26. The van der Waals surface area contributed by atoms with E-state index in [2.05, 4.69) is 25.4 Å². The lowest BCUT2D eigenvalue weighted by Crippen LogP contribution is -2.16. The second-order valence-electron chi connectivity index (χ2n) is 4.80. The van der Waals surface area contributed by atoms with Crippen LogP contribution in [0.25, 0.3) is 5.95 Å². The Balaban J connectivity index is 1.74. The molecule has 3 N–H and O–H groups in total. The van der Waals surface area contributed by atoms with Gasteiger partial charge in [-0.1, -0.05) is 12.8 Å². The largest absolute Gasteiger partial charge is 0.368 e. The molecule has 0 saturated heterocycles. The standard InChI is InChI=1S/C12H17N7/c13-10-16-11(14-8-9-4-1-2-5-9)18-12(17-10)19-7-3-6-15-19/h3,6-7,9H,1-2,4-5,8H2,(H3,13,14,16,17,18). The smallest absolute Gasteiger partial charge is 0.257 e. The molecule has 1 aliphatic carbocycles. The van der Waals surface area contributed by atoms with E-state index in [1.54, 1.807) is 17.1 Å². The van der Waals surface area contributed by atoms with Gasteiger partial charge in [0.2, 0.25) is 11.9 Å². The number of hydrogen-bond donors (Lipinski definition) is 2. The van der Waals surface area contributed by atoms with Gasteiger partial charge in [0.1, 0.15) is 0 Å². The predicted molar refractivity (Wildman–Crippen MR) is 71.8 cm³/mol. The summed E-state index contributed by atoms with van der Waals surface area (Å²) in [6.45, 7) is 0.891. The molecule has 2 heterocycles. The first-order chi connectivity index (χ1) is 9.31. The van der Waals surface area contributed by atoms with Crippen molar-refractivity contribution in [3.05, 3.63) is 18.5 Å². The fourth-order valence-corrected chi connectivity index (χ4v) is 2.40. The molecule has 0 radical (unpaired) electrons. The SMILES string of the molecule is Nc1nc(NCC2CCCC2)nc(-n2cccn2)n1. The molecule has 0 amide bonds. The first-order valence-corrected chi connectivity index (χ1v) is 6.57. The van der Waals surface area contributed by atoms with Gasteiger partial charge in [-0.3, -0.25) is 0 Å². The molecular weight excluding hydrogens is 242 g/mol. The summed E-state index contributed by atoms with van der Waals surface area (Å²) in [5.41, 5.74) is 5.71. The third-order valence-electron chi connectivity index (χ3n) is 3.37. The average molecular weight is 259 g/mol. The van der Waals surface area contributed by atoms with Crippen LogP contribution in [0.1, 0.15) is 25.7 Å². The van der Waals surface area contributed by atoms with Crippen LogP contribution in [0.15, 0.2) is 18.5 Å². The molecule has 1 aliphatic rings. The van der Waals surface area contributed by atoms with Crippen LogP contribution in [0.5, 0.6) is 0 Å². The molecule has 2 aromatic rings. The second kappa shape index (κ2) is 5.21. The van der Waals surface area contributed by atoms with Crippen molar-refractivity contribution in [3.63, 3.8) is 0 Å². The Labute approximate surface area is 111 Å². The van der Waals surface area contributed by atoms with Crippen molar-refractivity contribution in [3.8, 4) is 5.95 Å². The number of nitrogens with one attached hydrogen (secondary N) is 1. The van der Waals surface area contributed by atoms with Gasteiger partial charge in [0, 0.05) is 18.9 Å². The molecule has 0 aliphatic heterocycles. The minimum absolute atomic E-state index is 0.203. The summed E-state index contributed by atoms with van der Waals surface area (Å²) in [6, 6.07) is 1.81. The maximum Gasteiger partial charge on any atom is 0.257 e. The molecule has 7 nitrogen and oxygen atoms in total. The topological polar surface area (TPSA) is 94.5 Å². The summed E-state index contributed by atoms with van der Waals surface area (Å²) in [5, 5.41) is 7.33. The van der Waals surface area contributed by atoms with Gasteiger partial charge in [-0.05, 0) is 24.8 Å². The van der Waals surface area contributed by atoms with Gasteiger partial charge < -0.3 is 11.1 Å². The van der Waals surface area contributed by atoms with Crippen molar-refractivity contribution < 1.29 is 0 Å². The lowest BCUT2D eigenvalue weighted by atomic mass is 10.1. The molecule has 0 atom stereocenters. The lowest BCUT2D eigenvalue weighted by molar-refractivity contribution is 0.577. The van der Waals surface area contributed by atoms with Crippen molar-refractivity contribution in [2.45, 2.75) is 25.7 Å².